The summed E-state index contributed by atoms with van der Waals surface area (Å²) in [6.45, 7) is 6.31. The fraction of sp³-hybridized carbons (Fsp3) is 0.533. The van der Waals surface area contributed by atoms with Crippen molar-refractivity contribution in [2.45, 2.75) is 18.2 Å². The number of amides is 1. The van der Waals surface area contributed by atoms with Crippen LogP contribution in [0.2, 0.25) is 0 Å². The van der Waals surface area contributed by atoms with Crippen molar-refractivity contribution in [2.75, 3.05) is 39.0 Å². The minimum absolute atomic E-state index is 0.00172. The molecule has 1 saturated heterocycles. The summed E-state index contributed by atoms with van der Waals surface area (Å²) in [7, 11) is -3.30. The van der Waals surface area contributed by atoms with Gasteiger partial charge in [-0.25, -0.2) is 8.42 Å². The Bertz CT molecular complexity index is 605. The summed E-state index contributed by atoms with van der Waals surface area (Å²) in [6, 6.07) is 6.74. The van der Waals surface area contributed by atoms with Gasteiger partial charge in [0.05, 0.1) is 11.3 Å². The van der Waals surface area contributed by atoms with E-state index in [9.17, 15) is 13.2 Å². The summed E-state index contributed by atoms with van der Waals surface area (Å²) in [4.78, 5) is 16.7. The summed E-state index contributed by atoms with van der Waals surface area (Å²) in [5.41, 5.74) is 0.586. The Morgan fingerprint density at radius 1 is 1.14 bits per heavy atom. The van der Waals surface area contributed by atoms with Crippen LogP contribution in [0.3, 0.4) is 0 Å². The number of piperazine rings is 1. The van der Waals surface area contributed by atoms with E-state index in [0.29, 0.717) is 18.7 Å². The van der Waals surface area contributed by atoms with E-state index in [1.54, 1.807) is 24.3 Å². The lowest BCUT2D eigenvalue weighted by molar-refractivity contribution is -0.132. The first-order chi connectivity index (χ1) is 9.91. The van der Waals surface area contributed by atoms with Gasteiger partial charge in [-0.1, -0.05) is 25.1 Å². The van der Waals surface area contributed by atoms with Crippen molar-refractivity contribution in [1.82, 2.24) is 9.80 Å². The molecule has 0 bridgehead atoms. The number of hydrogen-bond donors (Lipinski definition) is 0. The zero-order chi connectivity index (χ0) is 15.5. The Morgan fingerprint density at radius 3 is 2.33 bits per heavy atom. The molecule has 1 fully saturated rings. The highest BCUT2D eigenvalue weighted by Gasteiger charge is 2.22. The Labute approximate surface area is 126 Å². The molecule has 1 aromatic rings. The highest BCUT2D eigenvalue weighted by molar-refractivity contribution is 7.90. The zero-order valence-corrected chi connectivity index (χ0v) is 13.4. The van der Waals surface area contributed by atoms with E-state index >= 15 is 0 Å². The van der Waals surface area contributed by atoms with Crippen LogP contribution in [0, 0.1) is 0 Å². The highest BCUT2D eigenvalue weighted by atomic mass is 32.2. The second-order valence-corrected chi connectivity index (χ2v) is 7.36. The predicted octanol–water partition coefficient (Wildman–Crippen LogP) is 0.797. The van der Waals surface area contributed by atoms with E-state index in [1.807, 2.05) is 4.90 Å². The average Bonchev–Trinajstić information content (AvgIpc) is 2.47. The molecule has 0 atom stereocenters. The molecule has 0 N–H and O–H groups in total. The van der Waals surface area contributed by atoms with Crippen LogP contribution in [0.4, 0.5) is 0 Å². The third-order valence-electron chi connectivity index (χ3n) is 3.89. The van der Waals surface area contributed by atoms with Crippen LogP contribution in [0.5, 0.6) is 0 Å². The molecule has 0 unspecified atom stereocenters. The van der Waals surface area contributed by atoms with Crippen molar-refractivity contribution in [3.05, 3.63) is 29.8 Å². The number of likely N-dealkylation sites (N-methyl/N-ethyl adjacent to an activating group) is 1. The van der Waals surface area contributed by atoms with Crippen molar-refractivity contribution in [1.29, 1.82) is 0 Å². The van der Waals surface area contributed by atoms with Gasteiger partial charge in [-0.15, -0.1) is 0 Å². The fourth-order valence-electron chi connectivity index (χ4n) is 2.60. The molecule has 1 amide bonds. The van der Waals surface area contributed by atoms with E-state index in [1.165, 1.54) is 6.26 Å². The first-order valence-electron chi connectivity index (χ1n) is 7.20. The van der Waals surface area contributed by atoms with Crippen LogP contribution < -0.4 is 0 Å². The highest BCUT2D eigenvalue weighted by Crippen LogP contribution is 2.17. The van der Waals surface area contributed by atoms with Gasteiger partial charge >= 0.3 is 0 Å². The van der Waals surface area contributed by atoms with Gasteiger partial charge in [-0.3, -0.25) is 4.79 Å². The maximum absolute atomic E-state index is 12.4. The van der Waals surface area contributed by atoms with Crippen LogP contribution in [-0.2, 0) is 21.1 Å². The van der Waals surface area contributed by atoms with Gasteiger partial charge in [-0.2, -0.15) is 0 Å². The number of nitrogens with zero attached hydrogens (tertiary/aromatic N) is 2. The lowest BCUT2D eigenvalue weighted by Crippen LogP contribution is -2.48. The number of sulfone groups is 1. The quantitative estimate of drug-likeness (QED) is 0.825. The number of hydrogen-bond acceptors (Lipinski definition) is 4. The fourth-order valence-corrected chi connectivity index (χ4v) is 3.54. The zero-order valence-electron chi connectivity index (χ0n) is 12.6. The molecular formula is C15H22N2O3S. The molecule has 21 heavy (non-hydrogen) atoms. The van der Waals surface area contributed by atoms with Crippen molar-refractivity contribution in [3.63, 3.8) is 0 Å². The van der Waals surface area contributed by atoms with E-state index in [0.717, 1.165) is 19.6 Å². The summed E-state index contributed by atoms with van der Waals surface area (Å²) in [6.07, 6.45) is 1.33. The van der Waals surface area contributed by atoms with Crippen LogP contribution in [-0.4, -0.2) is 63.1 Å². The van der Waals surface area contributed by atoms with Gasteiger partial charge in [-0.05, 0) is 18.2 Å². The van der Waals surface area contributed by atoms with Gasteiger partial charge < -0.3 is 9.80 Å². The third-order valence-corrected chi connectivity index (χ3v) is 5.08. The van der Waals surface area contributed by atoms with Gasteiger partial charge in [0.15, 0.2) is 9.84 Å². The Balaban J connectivity index is 2.07. The lowest BCUT2D eigenvalue weighted by Gasteiger charge is -2.34. The molecule has 0 aromatic heterocycles. The number of carbonyl (C=O) groups excluding carboxylic acids is 1. The number of rotatable bonds is 4. The third kappa shape index (κ3) is 4.04. The molecule has 0 spiro atoms. The van der Waals surface area contributed by atoms with Crippen molar-refractivity contribution < 1.29 is 13.2 Å². The van der Waals surface area contributed by atoms with Crippen LogP contribution in [0.1, 0.15) is 12.5 Å². The number of carbonyl (C=O) groups is 1. The van der Waals surface area contributed by atoms with Gasteiger partial charge in [0, 0.05) is 32.4 Å². The average molecular weight is 310 g/mol. The van der Waals surface area contributed by atoms with Gasteiger partial charge in [0.2, 0.25) is 5.91 Å². The Hall–Kier alpha value is -1.40. The molecular weight excluding hydrogens is 288 g/mol. The van der Waals surface area contributed by atoms with Crippen LogP contribution in [0.15, 0.2) is 29.2 Å². The maximum Gasteiger partial charge on any atom is 0.227 e. The smallest absolute Gasteiger partial charge is 0.227 e. The molecule has 1 aliphatic heterocycles. The van der Waals surface area contributed by atoms with Crippen molar-refractivity contribution in [3.8, 4) is 0 Å². The Morgan fingerprint density at radius 2 is 1.76 bits per heavy atom. The molecule has 1 aromatic carbocycles. The molecule has 1 aliphatic rings. The van der Waals surface area contributed by atoms with E-state index in [-0.39, 0.29) is 17.2 Å². The first-order valence-corrected chi connectivity index (χ1v) is 9.09. The van der Waals surface area contributed by atoms with Crippen molar-refractivity contribution in [2.24, 2.45) is 0 Å². The molecule has 0 aliphatic carbocycles. The summed E-state index contributed by atoms with van der Waals surface area (Å²) in [5.74, 6) is 0.00172. The van der Waals surface area contributed by atoms with Crippen LogP contribution >= 0.6 is 0 Å². The molecule has 1 heterocycles. The second kappa shape index (κ2) is 6.58. The SMILES string of the molecule is CCN1CCN(C(=O)Cc2ccccc2S(C)(=O)=O)CC1. The summed E-state index contributed by atoms with van der Waals surface area (Å²) in [5, 5.41) is 0. The first kappa shape index (κ1) is 16.0. The second-order valence-electron chi connectivity index (χ2n) is 5.37. The summed E-state index contributed by atoms with van der Waals surface area (Å²) >= 11 is 0. The largest absolute Gasteiger partial charge is 0.340 e. The Kier molecular flexibility index (Phi) is 5.00. The number of benzene rings is 1. The van der Waals surface area contributed by atoms with E-state index < -0.39 is 9.84 Å². The molecule has 5 nitrogen and oxygen atoms in total. The van der Waals surface area contributed by atoms with E-state index in [4.69, 9.17) is 0 Å². The molecule has 0 saturated carbocycles. The van der Waals surface area contributed by atoms with Gasteiger partial charge in [0.25, 0.3) is 0 Å². The molecule has 0 radical (unpaired) electrons. The van der Waals surface area contributed by atoms with Gasteiger partial charge in [0.1, 0.15) is 0 Å². The monoisotopic (exact) mass is 310 g/mol. The molecule has 2 rings (SSSR count). The molecule has 6 heteroatoms. The molecule has 116 valence electrons. The standard InChI is InChI=1S/C15H22N2O3S/c1-3-16-8-10-17(11-9-16)15(18)12-13-6-4-5-7-14(13)21(2,19)20/h4-7H,3,8-12H2,1-2H3. The summed E-state index contributed by atoms with van der Waals surface area (Å²) < 4.78 is 23.5. The lowest BCUT2D eigenvalue weighted by atomic mass is 10.1. The maximum atomic E-state index is 12.4. The minimum Gasteiger partial charge on any atom is -0.340 e. The normalized spacial score (nSPS) is 17.0. The van der Waals surface area contributed by atoms with Crippen LogP contribution in [0.25, 0.3) is 0 Å². The topological polar surface area (TPSA) is 57.7 Å². The van der Waals surface area contributed by atoms with Crippen molar-refractivity contribution >= 4 is 15.7 Å². The predicted molar refractivity (Wildman–Crippen MR) is 81.9 cm³/mol. The van der Waals surface area contributed by atoms with E-state index in [2.05, 4.69) is 11.8 Å². The minimum atomic E-state index is -3.30.